The van der Waals surface area contributed by atoms with E-state index >= 15 is 0 Å². The quantitative estimate of drug-likeness (QED) is 0.360. The molecule has 4 saturated carbocycles. The van der Waals surface area contributed by atoms with Crippen molar-refractivity contribution in [3.63, 3.8) is 0 Å². The van der Waals surface area contributed by atoms with E-state index < -0.39 is 22.9 Å². The predicted octanol–water partition coefficient (Wildman–Crippen LogP) is 5.38. The molecule has 35 heavy (non-hydrogen) atoms. The van der Waals surface area contributed by atoms with Crippen LogP contribution in [-0.2, 0) is 9.59 Å². The average Bonchev–Trinajstić information content (AvgIpc) is 2.77. The van der Waals surface area contributed by atoms with Gasteiger partial charge in [0.25, 0.3) is 0 Å². The minimum Gasteiger partial charge on any atom is -0.481 e. The Kier molecular flexibility index (Phi) is 5.40. The Morgan fingerprint density at radius 3 is 2.23 bits per heavy atom. The molecule has 3 N–H and O–H groups in total. The van der Waals surface area contributed by atoms with Crippen LogP contribution in [0.1, 0.15) is 99.3 Å². The summed E-state index contributed by atoms with van der Waals surface area (Å²) in [6.45, 7) is 13.5. The molecule has 0 bridgehead atoms. The van der Waals surface area contributed by atoms with Crippen molar-refractivity contribution in [3.05, 3.63) is 11.6 Å². The molecule has 0 saturated heterocycles. The highest BCUT2D eigenvalue weighted by atomic mass is 16.4. The van der Waals surface area contributed by atoms with Crippen LogP contribution in [0.2, 0.25) is 0 Å². The molecule has 0 spiro atoms. The van der Waals surface area contributed by atoms with E-state index in [0.717, 1.165) is 38.4 Å². The van der Waals surface area contributed by atoms with Crippen molar-refractivity contribution < 1.29 is 24.9 Å². The first-order valence-electron chi connectivity index (χ1n) is 13.9. The fraction of sp³-hybridized carbons (Fsp3) is 0.867. The lowest BCUT2D eigenvalue weighted by molar-refractivity contribution is -0.214. The summed E-state index contributed by atoms with van der Waals surface area (Å²) >= 11 is 0. The van der Waals surface area contributed by atoms with Crippen LogP contribution in [0.3, 0.4) is 0 Å². The van der Waals surface area contributed by atoms with E-state index in [9.17, 15) is 24.9 Å². The monoisotopic (exact) mass is 486 g/mol. The molecule has 5 heteroatoms. The minimum absolute atomic E-state index is 0.0478. The Hall–Kier alpha value is -1.20. The van der Waals surface area contributed by atoms with E-state index in [2.05, 4.69) is 40.7 Å². The normalized spacial score (nSPS) is 54.9. The molecule has 5 nitrogen and oxygen atoms in total. The molecule has 0 amide bonds. The highest BCUT2D eigenvalue weighted by Crippen LogP contribution is 2.75. The van der Waals surface area contributed by atoms with Gasteiger partial charge in [-0.2, -0.15) is 0 Å². The van der Waals surface area contributed by atoms with Gasteiger partial charge in [0.15, 0.2) is 0 Å². The number of hydrogen-bond acceptors (Lipinski definition) is 4. The van der Waals surface area contributed by atoms with E-state index in [1.165, 1.54) is 5.57 Å². The smallest absolute Gasteiger partial charge is 0.309 e. The van der Waals surface area contributed by atoms with E-state index in [4.69, 9.17) is 0 Å². The van der Waals surface area contributed by atoms with Gasteiger partial charge in [0.1, 0.15) is 6.29 Å². The van der Waals surface area contributed by atoms with Crippen LogP contribution in [0.15, 0.2) is 11.6 Å². The van der Waals surface area contributed by atoms with Gasteiger partial charge in [0.05, 0.1) is 23.0 Å². The van der Waals surface area contributed by atoms with Gasteiger partial charge in [0, 0.05) is 0 Å². The summed E-state index contributed by atoms with van der Waals surface area (Å²) < 4.78 is 0. The van der Waals surface area contributed by atoms with Crippen molar-refractivity contribution in [1.82, 2.24) is 0 Å². The van der Waals surface area contributed by atoms with Gasteiger partial charge in [-0.05, 0) is 104 Å². The number of aldehydes is 1. The summed E-state index contributed by atoms with van der Waals surface area (Å²) in [5.74, 6) is -0.144. The van der Waals surface area contributed by atoms with Gasteiger partial charge < -0.3 is 20.1 Å². The second kappa shape index (κ2) is 7.43. The first-order valence-corrected chi connectivity index (χ1v) is 13.9. The lowest BCUT2D eigenvalue weighted by Crippen LogP contribution is -2.67. The lowest BCUT2D eigenvalue weighted by atomic mass is 9.33. The summed E-state index contributed by atoms with van der Waals surface area (Å²) in [5, 5.41) is 32.6. The minimum atomic E-state index is -0.874. The molecular formula is C30H46O5. The molecule has 4 fully saturated rings. The van der Waals surface area contributed by atoms with Crippen molar-refractivity contribution in [3.8, 4) is 0 Å². The van der Waals surface area contributed by atoms with Crippen molar-refractivity contribution >= 4 is 12.3 Å². The fourth-order valence-electron chi connectivity index (χ4n) is 10.6. The topological polar surface area (TPSA) is 94.8 Å². The third-order valence-corrected chi connectivity index (χ3v) is 13.2. The number of hydrogen-bond donors (Lipinski definition) is 3. The maximum absolute atomic E-state index is 12.6. The first kappa shape index (κ1) is 25.4. The Bertz CT molecular complexity index is 970. The van der Waals surface area contributed by atoms with Gasteiger partial charge >= 0.3 is 5.97 Å². The van der Waals surface area contributed by atoms with E-state index in [-0.39, 0.29) is 33.7 Å². The van der Waals surface area contributed by atoms with Gasteiger partial charge in [-0.15, -0.1) is 0 Å². The number of carbonyl (C=O) groups is 2. The highest BCUT2D eigenvalue weighted by molar-refractivity contribution is 5.75. The lowest BCUT2D eigenvalue weighted by Gasteiger charge is -2.71. The average molecular weight is 487 g/mol. The number of carboxylic acid groups (broad SMARTS) is 1. The van der Waals surface area contributed by atoms with Crippen molar-refractivity contribution in [2.75, 3.05) is 0 Å². The largest absolute Gasteiger partial charge is 0.481 e. The van der Waals surface area contributed by atoms with Crippen LogP contribution in [0.5, 0.6) is 0 Å². The maximum Gasteiger partial charge on any atom is 0.309 e. The molecule has 0 aromatic heterocycles. The standard InChI is InChI=1S/C30H46O5/c1-25(2)20-9-12-28(5)21(27(20,4)11-10-22(25)32)8-7-18-19-15-26(3,24(34)35)13-14-30(19,17-31)23(33)16-29(18,28)6/h7,17,19-23,32-33H,8-16H2,1-6H3,(H,34,35)/t19-,20-,21+,22-,23-,26-,27-,28+,29+,30+/m0/s1. The zero-order valence-corrected chi connectivity index (χ0v) is 22.6. The number of carbonyl (C=O) groups excluding carboxylic acids is 1. The van der Waals surface area contributed by atoms with Crippen LogP contribution >= 0.6 is 0 Å². The number of allylic oxidation sites excluding steroid dienone is 2. The molecule has 0 unspecified atom stereocenters. The molecule has 0 aliphatic heterocycles. The highest BCUT2D eigenvalue weighted by Gasteiger charge is 2.70. The van der Waals surface area contributed by atoms with Crippen molar-refractivity contribution in [1.29, 1.82) is 0 Å². The SMILES string of the molecule is CC1(C)[C@@H](O)CC[C@]2(C)[C@H]3CC=C4[C@@H]5C[C@@](C)(C(=O)O)CC[C@]5(C=O)[C@@H](O)C[C@@]4(C)[C@]3(C)CC[C@@H]12. The maximum atomic E-state index is 12.6. The zero-order valence-electron chi connectivity index (χ0n) is 22.6. The van der Waals surface area contributed by atoms with Gasteiger partial charge in [0.2, 0.25) is 0 Å². The van der Waals surface area contributed by atoms with E-state index in [1.54, 1.807) is 0 Å². The first-order chi connectivity index (χ1) is 16.1. The third-order valence-electron chi connectivity index (χ3n) is 13.2. The molecule has 5 aliphatic carbocycles. The number of aliphatic carboxylic acids is 1. The summed E-state index contributed by atoms with van der Waals surface area (Å²) in [6.07, 6.45) is 9.05. The van der Waals surface area contributed by atoms with E-state index in [0.29, 0.717) is 37.5 Å². The van der Waals surface area contributed by atoms with Gasteiger partial charge in [-0.1, -0.05) is 46.3 Å². The van der Waals surface area contributed by atoms with Gasteiger partial charge in [-0.3, -0.25) is 4.79 Å². The van der Waals surface area contributed by atoms with Crippen LogP contribution in [0.25, 0.3) is 0 Å². The summed E-state index contributed by atoms with van der Waals surface area (Å²) in [6, 6.07) is 0. The van der Waals surface area contributed by atoms with Crippen LogP contribution in [0.4, 0.5) is 0 Å². The van der Waals surface area contributed by atoms with Crippen LogP contribution < -0.4 is 0 Å². The second-order valence-electron chi connectivity index (χ2n) is 14.7. The number of aliphatic hydroxyl groups excluding tert-OH is 2. The summed E-state index contributed by atoms with van der Waals surface area (Å²) in [5.41, 5.74) is -0.844. The third kappa shape index (κ3) is 2.94. The molecule has 5 aliphatic rings. The Labute approximate surface area is 210 Å². The Morgan fingerprint density at radius 1 is 0.914 bits per heavy atom. The molecule has 196 valence electrons. The van der Waals surface area contributed by atoms with Crippen LogP contribution in [-0.4, -0.2) is 39.8 Å². The van der Waals surface area contributed by atoms with Crippen molar-refractivity contribution in [2.45, 2.75) is 112 Å². The zero-order chi connectivity index (χ0) is 25.8. The molecular weight excluding hydrogens is 440 g/mol. The number of aliphatic hydroxyl groups is 2. The number of rotatable bonds is 2. The molecule has 10 atom stereocenters. The Balaban J connectivity index is 1.62. The van der Waals surface area contributed by atoms with Gasteiger partial charge in [-0.25, -0.2) is 0 Å². The molecule has 0 aromatic rings. The second-order valence-corrected chi connectivity index (χ2v) is 14.7. The summed E-state index contributed by atoms with van der Waals surface area (Å²) in [4.78, 5) is 24.9. The van der Waals surface area contributed by atoms with E-state index in [1.807, 2.05) is 6.92 Å². The van der Waals surface area contributed by atoms with Crippen molar-refractivity contribution in [2.24, 2.45) is 50.2 Å². The Morgan fingerprint density at radius 2 is 1.60 bits per heavy atom. The molecule has 0 aromatic carbocycles. The number of carboxylic acids is 1. The van der Waals surface area contributed by atoms with Crippen LogP contribution in [0, 0.1) is 50.2 Å². The fourth-order valence-corrected chi connectivity index (χ4v) is 10.6. The molecule has 0 radical (unpaired) electrons. The molecule has 0 heterocycles. The predicted molar refractivity (Wildman–Crippen MR) is 134 cm³/mol. The summed E-state index contributed by atoms with van der Waals surface area (Å²) in [7, 11) is 0. The number of fused-ring (bicyclic) bond motifs is 7. The molecule has 5 rings (SSSR count).